The van der Waals surface area contributed by atoms with Crippen molar-refractivity contribution in [2.24, 2.45) is 0 Å². The monoisotopic (exact) mass is 486 g/mol. The Morgan fingerprint density at radius 1 is 1.03 bits per heavy atom. The molecule has 1 amide bonds. The Morgan fingerprint density at radius 3 is 2.44 bits per heavy atom. The number of fused-ring (bicyclic) bond motifs is 1. The molecule has 0 aliphatic carbocycles. The zero-order valence-electron chi connectivity index (χ0n) is 21.4. The van der Waals surface area contributed by atoms with Crippen LogP contribution < -0.4 is 16.0 Å². The van der Waals surface area contributed by atoms with Crippen LogP contribution in [0.2, 0.25) is 0 Å². The summed E-state index contributed by atoms with van der Waals surface area (Å²) in [5, 5.41) is 10.5. The van der Waals surface area contributed by atoms with Gasteiger partial charge in [-0.25, -0.2) is 0 Å². The fourth-order valence-corrected chi connectivity index (χ4v) is 6.03. The van der Waals surface area contributed by atoms with Gasteiger partial charge >= 0.3 is 0 Å². The first-order valence-corrected chi connectivity index (χ1v) is 13.4. The Labute approximate surface area is 214 Å². The van der Waals surface area contributed by atoms with Crippen molar-refractivity contribution >= 4 is 11.7 Å². The SMILES string of the molecule is Cc1cccc(C)c1C(=O)C1C=C2NC(CC[C@H](NC(=O)CN3CCCC3)c3ccccc3)CC2N1. The maximum atomic E-state index is 13.2. The number of ketones is 1. The van der Waals surface area contributed by atoms with Gasteiger partial charge in [-0.15, -0.1) is 0 Å². The van der Waals surface area contributed by atoms with Crippen LogP contribution >= 0.6 is 0 Å². The highest BCUT2D eigenvalue weighted by atomic mass is 16.2. The van der Waals surface area contributed by atoms with Gasteiger partial charge in [-0.3, -0.25) is 19.8 Å². The molecule has 2 aromatic carbocycles. The van der Waals surface area contributed by atoms with E-state index in [0.717, 1.165) is 60.3 Å². The van der Waals surface area contributed by atoms with E-state index in [1.54, 1.807) is 0 Å². The number of rotatable bonds is 9. The molecule has 0 aromatic heterocycles. The molecule has 0 spiro atoms. The van der Waals surface area contributed by atoms with Crippen LogP contribution in [-0.4, -0.2) is 54.4 Å². The van der Waals surface area contributed by atoms with Gasteiger partial charge in [-0.05, 0) is 81.8 Å². The molecule has 2 saturated heterocycles. The third-order valence-electron chi connectivity index (χ3n) is 7.91. The van der Waals surface area contributed by atoms with E-state index in [4.69, 9.17) is 0 Å². The number of hydrogen-bond donors (Lipinski definition) is 3. The Kier molecular flexibility index (Phi) is 7.54. The number of likely N-dealkylation sites (tertiary alicyclic amines) is 1. The average Bonchev–Trinajstić information content (AvgIpc) is 3.59. The average molecular weight is 487 g/mol. The topological polar surface area (TPSA) is 73.5 Å². The maximum absolute atomic E-state index is 13.2. The Morgan fingerprint density at radius 2 is 1.75 bits per heavy atom. The molecule has 6 heteroatoms. The van der Waals surface area contributed by atoms with Crippen LogP contribution in [0.3, 0.4) is 0 Å². The molecule has 5 rings (SSSR count). The van der Waals surface area contributed by atoms with Gasteiger partial charge in [0.2, 0.25) is 5.91 Å². The quantitative estimate of drug-likeness (QED) is 0.470. The van der Waals surface area contributed by atoms with Crippen molar-refractivity contribution in [2.45, 2.75) is 70.1 Å². The Hall–Kier alpha value is -2.96. The minimum atomic E-state index is -0.278. The molecule has 190 valence electrons. The third-order valence-corrected chi connectivity index (χ3v) is 7.91. The van der Waals surface area contributed by atoms with Crippen molar-refractivity contribution < 1.29 is 9.59 Å². The molecule has 6 nitrogen and oxygen atoms in total. The molecule has 2 fully saturated rings. The highest BCUT2D eigenvalue weighted by molar-refractivity contribution is 6.04. The number of nitrogens with one attached hydrogen (secondary N) is 3. The summed E-state index contributed by atoms with van der Waals surface area (Å²) in [6.07, 6.45) is 7.22. The van der Waals surface area contributed by atoms with Gasteiger partial charge in [0.05, 0.1) is 18.6 Å². The molecule has 0 saturated carbocycles. The number of carbonyl (C=O) groups excluding carboxylic acids is 2. The van der Waals surface area contributed by atoms with E-state index in [1.165, 1.54) is 12.8 Å². The number of carbonyl (C=O) groups is 2. The first-order chi connectivity index (χ1) is 17.5. The molecule has 2 aromatic rings. The van der Waals surface area contributed by atoms with E-state index in [9.17, 15) is 9.59 Å². The van der Waals surface area contributed by atoms with E-state index in [2.05, 4.69) is 39.1 Å². The van der Waals surface area contributed by atoms with E-state index in [-0.39, 0.29) is 29.8 Å². The summed E-state index contributed by atoms with van der Waals surface area (Å²) in [4.78, 5) is 28.2. The number of hydrogen-bond acceptors (Lipinski definition) is 5. The number of aryl methyl sites for hydroxylation is 2. The zero-order chi connectivity index (χ0) is 25.1. The Bertz CT molecular complexity index is 1100. The summed E-state index contributed by atoms with van der Waals surface area (Å²) in [6, 6.07) is 16.5. The van der Waals surface area contributed by atoms with Crippen LogP contribution in [0.4, 0.5) is 0 Å². The largest absolute Gasteiger partial charge is 0.384 e. The number of amides is 1. The summed E-state index contributed by atoms with van der Waals surface area (Å²) in [5.41, 5.74) is 5.18. The van der Waals surface area contributed by atoms with Gasteiger partial charge in [-0.1, -0.05) is 48.5 Å². The standard InChI is InChI=1S/C30H38N4O2/c1-20-9-8-10-21(2)29(20)30(36)27-18-26-25(32-27)17-23(31-26)13-14-24(22-11-4-3-5-12-22)33-28(35)19-34-15-6-7-16-34/h3-5,8-12,18,23-25,27,31-32H,6-7,13-17,19H2,1-2H3,(H,33,35)/t23?,24-,25?,27?/m0/s1. The molecule has 3 aliphatic heterocycles. The van der Waals surface area contributed by atoms with Crippen LogP contribution in [0.15, 0.2) is 60.3 Å². The van der Waals surface area contributed by atoms with Crippen LogP contribution in [0.1, 0.15) is 65.2 Å². The van der Waals surface area contributed by atoms with Crippen molar-refractivity contribution in [3.63, 3.8) is 0 Å². The lowest BCUT2D eigenvalue weighted by Gasteiger charge is -2.23. The van der Waals surface area contributed by atoms with E-state index in [1.807, 2.05) is 50.2 Å². The van der Waals surface area contributed by atoms with Gasteiger partial charge in [0.15, 0.2) is 5.78 Å². The van der Waals surface area contributed by atoms with Crippen molar-refractivity contribution in [1.29, 1.82) is 0 Å². The lowest BCUT2D eigenvalue weighted by molar-refractivity contribution is -0.122. The van der Waals surface area contributed by atoms with E-state index < -0.39 is 0 Å². The zero-order valence-corrected chi connectivity index (χ0v) is 21.4. The summed E-state index contributed by atoms with van der Waals surface area (Å²) in [7, 11) is 0. The molecular formula is C30H38N4O2. The van der Waals surface area contributed by atoms with Gasteiger partial charge in [0, 0.05) is 23.3 Å². The first-order valence-electron chi connectivity index (χ1n) is 13.4. The van der Waals surface area contributed by atoms with Crippen LogP contribution in [0, 0.1) is 13.8 Å². The van der Waals surface area contributed by atoms with Crippen LogP contribution in [0.5, 0.6) is 0 Å². The second kappa shape index (κ2) is 11.0. The van der Waals surface area contributed by atoms with E-state index in [0.29, 0.717) is 12.6 Å². The van der Waals surface area contributed by atoms with Crippen molar-refractivity contribution in [1.82, 2.24) is 20.9 Å². The van der Waals surface area contributed by atoms with Crippen molar-refractivity contribution in [3.05, 3.63) is 82.6 Å². The number of nitrogens with zero attached hydrogens (tertiary/aromatic N) is 1. The fraction of sp³-hybridized carbons (Fsp3) is 0.467. The second-order valence-electron chi connectivity index (χ2n) is 10.6. The van der Waals surface area contributed by atoms with Crippen LogP contribution in [0.25, 0.3) is 0 Å². The van der Waals surface area contributed by atoms with Gasteiger partial charge in [0.25, 0.3) is 0 Å². The molecule has 3 heterocycles. The molecule has 0 radical (unpaired) electrons. The predicted molar refractivity (Wildman–Crippen MR) is 143 cm³/mol. The fourth-order valence-electron chi connectivity index (χ4n) is 6.03. The first kappa shape index (κ1) is 24.7. The number of Topliss-reactive ketones (excluding diaryl/α,β-unsaturated/α-hetero) is 1. The number of benzene rings is 2. The highest BCUT2D eigenvalue weighted by Gasteiger charge is 2.38. The van der Waals surface area contributed by atoms with Gasteiger partial charge in [-0.2, -0.15) is 0 Å². The molecule has 3 N–H and O–H groups in total. The summed E-state index contributed by atoms with van der Waals surface area (Å²) in [5.74, 6) is 0.259. The molecule has 4 atom stereocenters. The molecule has 0 bridgehead atoms. The summed E-state index contributed by atoms with van der Waals surface area (Å²) < 4.78 is 0. The summed E-state index contributed by atoms with van der Waals surface area (Å²) in [6.45, 7) is 6.53. The second-order valence-corrected chi connectivity index (χ2v) is 10.6. The van der Waals surface area contributed by atoms with Gasteiger partial charge < -0.3 is 10.6 Å². The van der Waals surface area contributed by atoms with Crippen molar-refractivity contribution in [3.8, 4) is 0 Å². The molecular weight excluding hydrogens is 448 g/mol. The smallest absolute Gasteiger partial charge is 0.234 e. The predicted octanol–water partition coefficient (Wildman–Crippen LogP) is 3.81. The molecule has 3 aliphatic rings. The third kappa shape index (κ3) is 5.55. The highest BCUT2D eigenvalue weighted by Crippen LogP contribution is 2.29. The lowest BCUT2D eigenvalue weighted by Crippen LogP contribution is -2.38. The maximum Gasteiger partial charge on any atom is 0.234 e. The molecule has 3 unspecified atom stereocenters. The normalized spacial score (nSPS) is 24.2. The lowest BCUT2D eigenvalue weighted by atomic mass is 9.95. The van der Waals surface area contributed by atoms with Crippen LogP contribution in [-0.2, 0) is 4.79 Å². The molecule has 36 heavy (non-hydrogen) atoms. The summed E-state index contributed by atoms with van der Waals surface area (Å²) >= 11 is 0. The minimum absolute atomic E-state index is 0.00356. The van der Waals surface area contributed by atoms with Gasteiger partial charge in [0.1, 0.15) is 0 Å². The van der Waals surface area contributed by atoms with Crippen molar-refractivity contribution in [2.75, 3.05) is 19.6 Å². The van der Waals surface area contributed by atoms with E-state index >= 15 is 0 Å². The Balaban J connectivity index is 1.18. The minimum Gasteiger partial charge on any atom is -0.384 e.